The molecule has 1 saturated carbocycles. The van der Waals surface area contributed by atoms with Gasteiger partial charge in [0.15, 0.2) is 0 Å². The topological polar surface area (TPSA) is 0 Å². The van der Waals surface area contributed by atoms with Gasteiger partial charge < -0.3 is 0 Å². The first kappa shape index (κ1) is 11.1. The van der Waals surface area contributed by atoms with Crippen LogP contribution in [0.1, 0.15) is 71.6 Å². The number of hydrogen-bond donors (Lipinski definition) is 0. The van der Waals surface area contributed by atoms with E-state index in [2.05, 4.69) is 13.8 Å². The second-order valence-electron chi connectivity index (χ2n) is 4.98. The van der Waals surface area contributed by atoms with Crippen LogP contribution in [0.15, 0.2) is 0 Å². The lowest BCUT2D eigenvalue weighted by molar-refractivity contribution is 0.411. The molecule has 0 aromatic rings. The molecule has 13 heavy (non-hydrogen) atoms. The van der Waals surface area contributed by atoms with Crippen molar-refractivity contribution in [2.45, 2.75) is 71.6 Å². The second-order valence-corrected chi connectivity index (χ2v) is 4.98. The van der Waals surface area contributed by atoms with E-state index in [1.165, 1.54) is 57.8 Å². The summed E-state index contributed by atoms with van der Waals surface area (Å²) in [5.41, 5.74) is 0. The van der Waals surface area contributed by atoms with E-state index in [9.17, 15) is 0 Å². The van der Waals surface area contributed by atoms with Crippen LogP contribution in [-0.2, 0) is 0 Å². The van der Waals surface area contributed by atoms with Gasteiger partial charge in [-0.05, 0) is 11.8 Å². The molecular weight excluding hydrogens is 156 g/mol. The summed E-state index contributed by atoms with van der Waals surface area (Å²) in [6, 6.07) is 0. The quantitative estimate of drug-likeness (QED) is 0.554. The fourth-order valence-electron chi connectivity index (χ4n) is 2.69. The fourth-order valence-corrected chi connectivity index (χ4v) is 2.69. The van der Waals surface area contributed by atoms with Crippen LogP contribution in [0.3, 0.4) is 0 Å². The van der Waals surface area contributed by atoms with Crippen molar-refractivity contribution in [2.75, 3.05) is 0 Å². The molecule has 0 saturated heterocycles. The molecule has 0 N–H and O–H groups in total. The Balaban J connectivity index is 1.93. The van der Waals surface area contributed by atoms with Crippen molar-refractivity contribution in [1.29, 1.82) is 0 Å². The maximum atomic E-state index is 2.41. The highest BCUT2D eigenvalue weighted by Crippen LogP contribution is 2.29. The van der Waals surface area contributed by atoms with Crippen molar-refractivity contribution in [3.8, 4) is 0 Å². The normalized spacial score (nSPS) is 20.8. The maximum Gasteiger partial charge on any atom is -0.0414 e. The fraction of sp³-hybridized carbons (Fsp3) is 1.00. The van der Waals surface area contributed by atoms with Gasteiger partial charge in [-0.15, -0.1) is 0 Å². The Hall–Kier alpha value is 0. The Morgan fingerprint density at radius 1 is 1.15 bits per heavy atom. The summed E-state index contributed by atoms with van der Waals surface area (Å²) < 4.78 is 0. The highest BCUT2D eigenvalue weighted by atomic mass is 14.2. The predicted octanol–water partition coefficient (Wildman–Crippen LogP) is 4.78. The minimum absolute atomic E-state index is 0.978. The van der Waals surface area contributed by atoms with Crippen molar-refractivity contribution in [3.05, 3.63) is 0 Å². The summed E-state index contributed by atoms with van der Waals surface area (Å²) in [5.74, 6) is 2.08. The molecule has 1 aliphatic carbocycles. The SMILES string of the molecule is CCCC(C)CCCC1CCCC1. The van der Waals surface area contributed by atoms with Crippen LogP contribution < -0.4 is 0 Å². The van der Waals surface area contributed by atoms with Gasteiger partial charge in [0.2, 0.25) is 0 Å². The third kappa shape index (κ3) is 4.69. The Bertz CT molecular complexity index is 111. The minimum atomic E-state index is 0.978. The van der Waals surface area contributed by atoms with E-state index < -0.39 is 0 Å². The molecule has 0 aliphatic heterocycles. The van der Waals surface area contributed by atoms with Gasteiger partial charge in [0.05, 0.1) is 0 Å². The van der Waals surface area contributed by atoms with Gasteiger partial charge in [-0.1, -0.05) is 71.6 Å². The van der Waals surface area contributed by atoms with Gasteiger partial charge in [0.25, 0.3) is 0 Å². The van der Waals surface area contributed by atoms with Gasteiger partial charge in [-0.2, -0.15) is 0 Å². The molecule has 0 aromatic carbocycles. The van der Waals surface area contributed by atoms with Crippen LogP contribution in [0.5, 0.6) is 0 Å². The molecule has 0 heterocycles. The Kier molecular flexibility index (Phi) is 5.50. The zero-order valence-corrected chi connectivity index (χ0v) is 9.52. The van der Waals surface area contributed by atoms with E-state index in [4.69, 9.17) is 0 Å². The molecule has 0 spiro atoms. The van der Waals surface area contributed by atoms with Crippen LogP contribution in [-0.4, -0.2) is 0 Å². The maximum absolute atomic E-state index is 2.41. The van der Waals surface area contributed by atoms with E-state index in [-0.39, 0.29) is 0 Å². The van der Waals surface area contributed by atoms with Crippen molar-refractivity contribution in [1.82, 2.24) is 0 Å². The van der Waals surface area contributed by atoms with Crippen LogP contribution in [0.25, 0.3) is 0 Å². The lowest BCUT2D eigenvalue weighted by Crippen LogP contribution is -1.97. The molecule has 0 radical (unpaired) electrons. The average Bonchev–Trinajstić information content (AvgIpc) is 2.57. The lowest BCUT2D eigenvalue weighted by atomic mass is 9.94. The standard InChI is InChI=1S/C13H26/c1-3-7-12(2)8-6-11-13-9-4-5-10-13/h12-13H,3-11H2,1-2H3. The van der Waals surface area contributed by atoms with E-state index >= 15 is 0 Å². The average molecular weight is 182 g/mol. The molecule has 78 valence electrons. The first-order valence-corrected chi connectivity index (χ1v) is 6.33. The first-order valence-electron chi connectivity index (χ1n) is 6.33. The monoisotopic (exact) mass is 182 g/mol. The summed E-state index contributed by atoms with van der Waals surface area (Å²) in [5, 5.41) is 0. The van der Waals surface area contributed by atoms with E-state index in [1.54, 1.807) is 0 Å². The van der Waals surface area contributed by atoms with Crippen LogP contribution in [0.2, 0.25) is 0 Å². The van der Waals surface area contributed by atoms with Gasteiger partial charge >= 0.3 is 0 Å². The zero-order valence-electron chi connectivity index (χ0n) is 9.52. The molecule has 1 aliphatic rings. The summed E-state index contributed by atoms with van der Waals surface area (Å²) in [6.45, 7) is 4.71. The summed E-state index contributed by atoms with van der Waals surface area (Å²) in [7, 11) is 0. The van der Waals surface area contributed by atoms with Crippen molar-refractivity contribution >= 4 is 0 Å². The summed E-state index contributed by atoms with van der Waals surface area (Å²) >= 11 is 0. The van der Waals surface area contributed by atoms with Crippen molar-refractivity contribution in [3.63, 3.8) is 0 Å². The smallest absolute Gasteiger partial charge is 0.0414 e. The third-order valence-electron chi connectivity index (χ3n) is 3.57. The lowest BCUT2D eigenvalue weighted by Gasteiger charge is -2.12. The zero-order chi connectivity index (χ0) is 9.52. The number of rotatable bonds is 6. The Morgan fingerprint density at radius 2 is 1.85 bits per heavy atom. The number of hydrogen-bond acceptors (Lipinski definition) is 0. The van der Waals surface area contributed by atoms with Gasteiger partial charge in [0.1, 0.15) is 0 Å². The predicted molar refractivity (Wildman–Crippen MR) is 59.9 cm³/mol. The van der Waals surface area contributed by atoms with Crippen LogP contribution in [0.4, 0.5) is 0 Å². The molecule has 0 amide bonds. The minimum Gasteiger partial charge on any atom is -0.0654 e. The van der Waals surface area contributed by atoms with Gasteiger partial charge in [-0.3, -0.25) is 0 Å². The van der Waals surface area contributed by atoms with Crippen LogP contribution in [0, 0.1) is 11.8 Å². The highest BCUT2D eigenvalue weighted by Gasteiger charge is 2.14. The van der Waals surface area contributed by atoms with E-state index in [1.807, 2.05) is 0 Å². The largest absolute Gasteiger partial charge is 0.0654 e. The summed E-state index contributed by atoms with van der Waals surface area (Å²) in [4.78, 5) is 0. The first-order chi connectivity index (χ1) is 6.33. The molecule has 1 rings (SSSR count). The molecule has 1 atom stereocenters. The van der Waals surface area contributed by atoms with E-state index in [0.29, 0.717) is 0 Å². The molecule has 0 heteroatoms. The van der Waals surface area contributed by atoms with Crippen molar-refractivity contribution in [2.24, 2.45) is 11.8 Å². The molecule has 0 aromatic heterocycles. The van der Waals surface area contributed by atoms with E-state index in [0.717, 1.165) is 11.8 Å². The second kappa shape index (κ2) is 6.45. The van der Waals surface area contributed by atoms with Gasteiger partial charge in [-0.25, -0.2) is 0 Å². The highest BCUT2D eigenvalue weighted by molar-refractivity contribution is 4.67. The van der Waals surface area contributed by atoms with Crippen molar-refractivity contribution < 1.29 is 0 Å². The Labute approximate surface area is 84.1 Å². The molecular formula is C13H26. The van der Waals surface area contributed by atoms with Gasteiger partial charge in [0, 0.05) is 0 Å². The molecule has 1 fully saturated rings. The molecule has 0 bridgehead atoms. The summed E-state index contributed by atoms with van der Waals surface area (Å²) in [6.07, 6.45) is 13.4. The third-order valence-corrected chi connectivity index (χ3v) is 3.57. The molecule has 0 nitrogen and oxygen atoms in total. The molecule has 1 unspecified atom stereocenters. The Morgan fingerprint density at radius 3 is 2.46 bits per heavy atom. The van der Waals surface area contributed by atoms with Crippen LogP contribution >= 0.6 is 0 Å².